The van der Waals surface area contributed by atoms with E-state index in [4.69, 9.17) is 10.5 Å². The number of hydrogen-bond acceptors (Lipinski definition) is 5. The molecule has 1 aromatic heterocycles. The second-order valence-corrected chi connectivity index (χ2v) is 4.30. The monoisotopic (exact) mass is 304 g/mol. The molecule has 1 heterocycles. The van der Waals surface area contributed by atoms with E-state index in [0.717, 1.165) is 0 Å². The van der Waals surface area contributed by atoms with Gasteiger partial charge in [-0.05, 0) is 6.07 Å². The number of hydrogen-bond donors (Lipinski definition) is 4. The fraction of sp³-hybridized carbons (Fsp3) is 0.0714. The highest BCUT2D eigenvalue weighted by Crippen LogP contribution is 2.35. The van der Waals surface area contributed by atoms with E-state index in [1.807, 2.05) is 4.98 Å². The number of carboxylic acids is 2. The van der Waals surface area contributed by atoms with Crippen molar-refractivity contribution in [2.45, 2.75) is 0 Å². The molecule has 2 rings (SSSR count). The van der Waals surface area contributed by atoms with E-state index in [2.05, 4.69) is 0 Å². The summed E-state index contributed by atoms with van der Waals surface area (Å²) in [7, 11) is 1.34. The molecule has 8 heteroatoms. The smallest absolute Gasteiger partial charge is 0.342 e. The Morgan fingerprint density at radius 3 is 2.27 bits per heavy atom. The number of aromatic carboxylic acids is 2. The summed E-state index contributed by atoms with van der Waals surface area (Å²) in [6, 6.07) is 6.15. The van der Waals surface area contributed by atoms with Gasteiger partial charge in [0.25, 0.3) is 5.56 Å². The van der Waals surface area contributed by atoms with E-state index in [0.29, 0.717) is 0 Å². The van der Waals surface area contributed by atoms with Crippen LogP contribution in [0.15, 0.2) is 29.1 Å². The van der Waals surface area contributed by atoms with Gasteiger partial charge in [-0.2, -0.15) is 0 Å². The van der Waals surface area contributed by atoms with Crippen molar-refractivity contribution in [3.05, 3.63) is 45.7 Å². The highest BCUT2D eigenvalue weighted by molar-refractivity contribution is 6.08. The zero-order valence-corrected chi connectivity index (χ0v) is 11.4. The van der Waals surface area contributed by atoms with Crippen molar-refractivity contribution in [2.24, 2.45) is 0 Å². The molecule has 0 aliphatic heterocycles. The van der Waals surface area contributed by atoms with Gasteiger partial charge in [0, 0.05) is 11.1 Å². The van der Waals surface area contributed by atoms with Gasteiger partial charge in [-0.15, -0.1) is 0 Å². The van der Waals surface area contributed by atoms with Gasteiger partial charge in [0.05, 0.1) is 7.11 Å². The summed E-state index contributed by atoms with van der Waals surface area (Å²) < 4.78 is 5.11. The normalized spacial score (nSPS) is 10.2. The third-order valence-corrected chi connectivity index (χ3v) is 3.05. The van der Waals surface area contributed by atoms with Crippen molar-refractivity contribution in [1.29, 1.82) is 0 Å². The Balaban J connectivity index is 3.03. The quantitative estimate of drug-likeness (QED) is 0.660. The number of rotatable bonds is 4. The number of pyridine rings is 1. The molecule has 0 saturated heterocycles. The minimum absolute atomic E-state index is 0.151. The van der Waals surface area contributed by atoms with E-state index < -0.39 is 34.4 Å². The third-order valence-electron chi connectivity index (χ3n) is 3.05. The van der Waals surface area contributed by atoms with Crippen molar-refractivity contribution in [3.8, 4) is 16.9 Å². The Kier molecular flexibility index (Phi) is 3.85. The van der Waals surface area contributed by atoms with Crippen LogP contribution in [0.2, 0.25) is 0 Å². The SMILES string of the molecule is COc1ccccc1-c1c(C(=O)O)c(N)[nH]c(=O)c1C(=O)O. The molecule has 0 bridgehead atoms. The fourth-order valence-corrected chi connectivity index (χ4v) is 2.17. The first-order chi connectivity index (χ1) is 10.4. The number of nitrogens with one attached hydrogen (secondary N) is 1. The highest BCUT2D eigenvalue weighted by Gasteiger charge is 2.27. The van der Waals surface area contributed by atoms with E-state index in [1.54, 1.807) is 12.1 Å². The molecule has 0 amide bonds. The predicted molar refractivity (Wildman–Crippen MR) is 77.4 cm³/mol. The van der Waals surface area contributed by atoms with Gasteiger partial charge in [-0.25, -0.2) is 9.59 Å². The van der Waals surface area contributed by atoms with Crippen LogP contribution < -0.4 is 16.0 Å². The van der Waals surface area contributed by atoms with Gasteiger partial charge < -0.3 is 25.7 Å². The fourth-order valence-electron chi connectivity index (χ4n) is 2.17. The Bertz CT molecular complexity index is 825. The van der Waals surface area contributed by atoms with Crippen LogP contribution in [-0.4, -0.2) is 34.2 Å². The van der Waals surface area contributed by atoms with Crippen LogP contribution in [0.5, 0.6) is 5.75 Å². The number of ether oxygens (including phenoxy) is 1. The Morgan fingerprint density at radius 1 is 1.14 bits per heavy atom. The molecule has 8 nitrogen and oxygen atoms in total. The Morgan fingerprint density at radius 2 is 1.73 bits per heavy atom. The average molecular weight is 304 g/mol. The first-order valence-corrected chi connectivity index (χ1v) is 6.04. The van der Waals surface area contributed by atoms with Crippen molar-refractivity contribution in [2.75, 3.05) is 12.8 Å². The molecule has 0 saturated carbocycles. The summed E-state index contributed by atoms with van der Waals surface area (Å²) in [4.78, 5) is 36.8. The molecule has 0 fully saturated rings. The van der Waals surface area contributed by atoms with Crippen LogP contribution in [-0.2, 0) is 0 Å². The summed E-state index contributed by atoms with van der Waals surface area (Å²) in [6.07, 6.45) is 0. The van der Waals surface area contributed by atoms with Crippen LogP contribution in [0.1, 0.15) is 20.7 Å². The van der Waals surface area contributed by atoms with Gasteiger partial charge in [0.15, 0.2) is 0 Å². The number of benzene rings is 1. The molecular weight excluding hydrogens is 292 g/mol. The number of nitrogen functional groups attached to an aromatic ring is 1. The van der Waals surface area contributed by atoms with E-state index in [1.165, 1.54) is 19.2 Å². The number of H-pyrrole nitrogens is 1. The maximum Gasteiger partial charge on any atom is 0.342 e. The van der Waals surface area contributed by atoms with Crippen molar-refractivity contribution >= 4 is 17.8 Å². The van der Waals surface area contributed by atoms with Gasteiger partial charge in [-0.1, -0.05) is 18.2 Å². The number of carboxylic acid groups (broad SMARTS) is 2. The largest absolute Gasteiger partial charge is 0.496 e. The van der Waals surface area contributed by atoms with Crippen LogP contribution in [0.4, 0.5) is 5.82 Å². The van der Waals surface area contributed by atoms with Crippen LogP contribution >= 0.6 is 0 Å². The maximum absolute atomic E-state index is 11.9. The van der Waals surface area contributed by atoms with Gasteiger partial charge in [0.2, 0.25) is 0 Å². The highest BCUT2D eigenvalue weighted by atomic mass is 16.5. The molecule has 2 aromatic rings. The van der Waals surface area contributed by atoms with Gasteiger partial charge in [-0.3, -0.25) is 4.79 Å². The second-order valence-electron chi connectivity index (χ2n) is 4.30. The lowest BCUT2D eigenvalue weighted by atomic mass is 9.95. The molecule has 114 valence electrons. The minimum atomic E-state index is -1.57. The zero-order chi connectivity index (χ0) is 16.4. The number of para-hydroxylation sites is 1. The number of aromatic nitrogens is 1. The average Bonchev–Trinajstić information content (AvgIpc) is 2.45. The lowest BCUT2D eigenvalue weighted by Gasteiger charge is -2.14. The topological polar surface area (TPSA) is 143 Å². The molecule has 0 aliphatic carbocycles. The molecule has 0 atom stereocenters. The van der Waals surface area contributed by atoms with Crippen LogP contribution in [0.25, 0.3) is 11.1 Å². The van der Waals surface area contributed by atoms with Crippen LogP contribution in [0.3, 0.4) is 0 Å². The van der Waals surface area contributed by atoms with Crippen molar-refractivity contribution in [3.63, 3.8) is 0 Å². The molecular formula is C14H12N2O6. The zero-order valence-electron chi connectivity index (χ0n) is 11.4. The van der Waals surface area contributed by atoms with E-state index in [-0.39, 0.29) is 16.9 Å². The summed E-state index contributed by atoms with van der Waals surface area (Å²) in [6.45, 7) is 0. The molecule has 0 unspecified atom stereocenters. The van der Waals surface area contributed by atoms with Gasteiger partial charge in [0.1, 0.15) is 22.7 Å². The Hall–Kier alpha value is -3.29. The third kappa shape index (κ3) is 2.37. The second kappa shape index (κ2) is 5.60. The number of anilines is 1. The lowest BCUT2D eigenvalue weighted by Crippen LogP contribution is -2.24. The van der Waals surface area contributed by atoms with Crippen molar-refractivity contribution in [1.82, 2.24) is 4.98 Å². The Labute approximate surface area is 123 Å². The number of methoxy groups -OCH3 is 1. The predicted octanol–water partition coefficient (Wildman–Crippen LogP) is 1.03. The molecule has 1 aromatic carbocycles. The first kappa shape index (κ1) is 15.1. The molecule has 0 radical (unpaired) electrons. The van der Waals surface area contributed by atoms with E-state index >= 15 is 0 Å². The van der Waals surface area contributed by atoms with Crippen LogP contribution in [0, 0.1) is 0 Å². The molecule has 0 spiro atoms. The lowest BCUT2D eigenvalue weighted by molar-refractivity contribution is 0.0695. The summed E-state index contributed by atoms with van der Waals surface area (Å²) in [5, 5.41) is 18.6. The number of carbonyl (C=O) groups is 2. The summed E-state index contributed by atoms with van der Waals surface area (Å²) in [5.41, 5.74) is 3.21. The first-order valence-electron chi connectivity index (χ1n) is 6.04. The molecule has 5 N–H and O–H groups in total. The van der Waals surface area contributed by atoms with Gasteiger partial charge >= 0.3 is 11.9 Å². The number of aromatic amines is 1. The standard InChI is InChI=1S/C14H12N2O6/c1-22-7-5-3-2-4-6(7)8-9(13(18)19)11(15)16-12(17)10(8)14(20)21/h2-5H,1H3,(H,18,19)(H,20,21)(H3,15,16,17). The summed E-state index contributed by atoms with van der Waals surface area (Å²) >= 11 is 0. The number of nitrogens with two attached hydrogens (primary N) is 1. The molecule has 0 aliphatic rings. The van der Waals surface area contributed by atoms with E-state index in [9.17, 15) is 24.6 Å². The molecule has 22 heavy (non-hydrogen) atoms. The minimum Gasteiger partial charge on any atom is -0.496 e. The maximum atomic E-state index is 11.9. The van der Waals surface area contributed by atoms with Crippen molar-refractivity contribution < 1.29 is 24.5 Å². The summed E-state index contributed by atoms with van der Waals surface area (Å²) in [5.74, 6) is -3.23.